The summed E-state index contributed by atoms with van der Waals surface area (Å²) in [4.78, 5) is 23.6. The molecule has 5 heteroatoms. The monoisotopic (exact) mass is 313 g/mol. The minimum absolute atomic E-state index is 0.442. The van der Waals surface area contributed by atoms with Gasteiger partial charge in [-0.15, -0.1) is 0 Å². The first kappa shape index (κ1) is 20.5. The van der Waals surface area contributed by atoms with Crippen LogP contribution in [0, 0.1) is 0 Å². The summed E-state index contributed by atoms with van der Waals surface area (Å²) in [6, 6.07) is -0.683. The summed E-state index contributed by atoms with van der Waals surface area (Å²) in [7, 11) is 1.32. The summed E-state index contributed by atoms with van der Waals surface area (Å²) < 4.78 is 9.94. The van der Waals surface area contributed by atoms with Gasteiger partial charge in [-0.2, -0.15) is 0 Å². The summed E-state index contributed by atoms with van der Waals surface area (Å²) in [6.45, 7) is 11.4. The summed E-state index contributed by atoms with van der Waals surface area (Å²) in [5.74, 6) is -0.442. The van der Waals surface area contributed by atoms with Crippen LogP contribution in [0.5, 0.6) is 0 Å². The number of esters is 1. The smallest absolute Gasteiger partial charge is 0.408 e. The highest BCUT2D eigenvalue weighted by Crippen LogP contribution is 2.29. The minimum atomic E-state index is -0.683. The standard InChI is InChI=1S/C15H25NO4.C2H6/c1-10-7-6-8-11(10)9-12(13(17)19-5)16-14(18)20-15(2,3)4;1-2/h12H,6-9H2,1-5H3,(H,16,18);1-2H3/t12-;/m0./s1. The van der Waals surface area contributed by atoms with Crippen molar-refractivity contribution in [1.82, 2.24) is 5.32 Å². The van der Waals surface area contributed by atoms with Crippen molar-refractivity contribution in [2.45, 2.75) is 78.9 Å². The molecule has 1 atom stereocenters. The summed E-state index contributed by atoms with van der Waals surface area (Å²) in [5.41, 5.74) is 1.95. The number of carbonyl (C=O) groups is 2. The zero-order chi connectivity index (χ0) is 17.3. The highest BCUT2D eigenvalue weighted by Gasteiger charge is 2.27. The normalized spacial score (nSPS) is 15.6. The van der Waals surface area contributed by atoms with E-state index in [1.807, 2.05) is 13.8 Å². The number of carbonyl (C=O) groups excluding carboxylic acids is 2. The molecule has 128 valence electrons. The van der Waals surface area contributed by atoms with Crippen molar-refractivity contribution < 1.29 is 19.1 Å². The van der Waals surface area contributed by atoms with E-state index in [-0.39, 0.29) is 0 Å². The van der Waals surface area contributed by atoms with E-state index in [1.54, 1.807) is 20.8 Å². The summed E-state index contributed by atoms with van der Waals surface area (Å²) in [6.07, 6.45) is 3.06. The molecule has 1 amide bonds. The molecule has 1 aliphatic rings. The second kappa shape index (κ2) is 9.49. The Balaban J connectivity index is 0.00000211. The third-order valence-corrected chi connectivity index (χ3v) is 3.26. The molecule has 1 rings (SSSR count). The minimum Gasteiger partial charge on any atom is -0.467 e. The maximum absolute atomic E-state index is 11.8. The lowest BCUT2D eigenvalue weighted by Gasteiger charge is -2.23. The molecule has 0 bridgehead atoms. The predicted molar refractivity (Wildman–Crippen MR) is 87.7 cm³/mol. The van der Waals surface area contributed by atoms with E-state index in [1.165, 1.54) is 18.3 Å². The van der Waals surface area contributed by atoms with Gasteiger partial charge in [0.2, 0.25) is 0 Å². The Labute approximate surface area is 134 Å². The van der Waals surface area contributed by atoms with Gasteiger partial charge in [0.1, 0.15) is 11.6 Å². The first-order chi connectivity index (χ1) is 10.2. The van der Waals surface area contributed by atoms with Crippen molar-refractivity contribution in [2.24, 2.45) is 0 Å². The van der Waals surface area contributed by atoms with Gasteiger partial charge in [-0.25, -0.2) is 9.59 Å². The van der Waals surface area contributed by atoms with Crippen LogP contribution in [-0.4, -0.2) is 30.8 Å². The van der Waals surface area contributed by atoms with Gasteiger partial charge in [-0.1, -0.05) is 25.0 Å². The number of nitrogens with one attached hydrogen (secondary N) is 1. The Morgan fingerprint density at radius 2 is 1.82 bits per heavy atom. The molecule has 1 N–H and O–H groups in total. The lowest BCUT2D eigenvalue weighted by atomic mass is 10.0. The molecule has 0 aromatic heterocycles. The highest BCUT2D eigenvalue weighted by atomic mass is 16.6. The Morgan fingerprint density at radius 3 is 2.23 bits per heavy atom. The lowest BCUT2D eigenvalue weighted by molar-refractivity contribution is -0.143. The predicted octanol–water partition coefficient (Wildman–Crippen LogP) is 3.97. The quantitative estimate of drug-likeness (QED) is 0.630. The van der Waals surface area contributed by atoms with E-state index in [9.17, 15) is 9.59 Å². The second-order valence-corrected chi connectivity index (χ2v) is 6.16. The Bertz CT molecular complexity index is 407. The van der Waals surface area contributed by atoms with E-state index in [4.69, 9.17) is 9.47 Å². The van der Waals surface area contributed by atoms with Crippen LogP contribution < -0.4 is 5.32 Å². The molecule has 0 aromatic rings. The fraction of sp³-hybridized carbons (Fsp3) is 0.765. The van der Waals surface area contributed by atoms with Crippen LogP contribution in [0.4, 0.5) is 4.79 Å². The van der Waals surface area contributed by atoms with Crippen LogP contribution in [0.1, 0.15) is 67.2 Å². The number of rotatable bonds is 4. The van der Waals surface area contributed by atoms with Crippen molar-refractivity contribution >= 4 is 12.1 Å². The molecule has 0 heterocycles. The van der Waals surface area contributed by atoms with Gasteiger partial charge in [0.05, 0.1) is 7.11 Å². The highest BCUT2D eigenvalue weighted by molar-refractivity contribution is 5.81. The number of hydrogen-bond acceptors (Lipinski definition) is 4. The van der Waals surface area contributed by atoms with Crippen molar-refractivity contribution in [3.05, 3.63) is 11.1 Å². The molecular formula is C17H31NO4. The molecule has 0 unspecified atom stereocenters. The molecule has 0 radical (unpaired) electrons. The first-order valence-electron chi connectivity index (χ1n) is 7.98. The maximum Gasteiger partial charge on any atom is 0.408 e. The molecule has 0 spiro atoms. The van der Waals surface area contributed by atoms with E-state index < -0.39 is 23.7 Å². The molecule has 0 aromatic carbocycles. The van der Waals surface area contributed by atoms with Gasteiger partial charge < -0.3 is 14.8 Å². The molecular weight excluding hydrogens is 282 g/mol. The van der Waals surface area contributed by atoms with Gasteiger partial charge in [0.25, 0.3) is 0 Å². The Morgan fingerprint density at radius 1 is 1.23 bits per heavy atom. The summed E-state index contributed by atoms with van der Waals surface area (Å²) in [5, 5.41) is 2.60. The number of methoxy groups -OCH3 is 1. The second-order valence-electron chi connectivity index (χ2n) is 6.16. The van der Waals surface area contributed by atoms with Crippen LogP contribution in [0.15, 0.2) is 11.1 Å². The molecule has 1 aliphatic carbocycles. The van der Waals surface area contributed by atoms with E-state index in [2.05, 4.69) is 12.2 Å². The third kappa shape index (κ3) is 7.48. The van der Waals surface area contributed by atoms with E-state index in [0.29, 0.717) is 6.42 Å². The van der Waals surface area contributed by atoms with Crippen LogP contribution in [0.25, 0.3) is 0 Å². The van der Waals surface area contributed by atoms with E-state index >= 15 is 0 Å². The SMILES string of the molecule is CC.COC(=O)[C@H](CC1=C(C)CCC1)NC(=O)OC(C)(C)C. The van der Waals surface area contributed by atoms with Gasteiger partial charge in [-0.3, -0.25) is 0 Å². The van der Waals surface area contributed by atoms with Crippen LogP contribution in [-0.2, 0) is 14.3 Å². The number of alkyl carbamates (subject to hydrolysis) is 1. The van der Waals surface area contributed by atoms with Crippen molar-refractivity contribution in [3.63, 3.8) is 0 Å². The van der Waals surface area contributed by atoms with Crippen molar-refractivity contribution in [1.29, 1.82) is 0 Å². The molecule has 0 fully saturated rings. The lowest BCUT2D eigenvalue weighted by Crippen LogP contribution is -2.44. The van der Waals surface area contributed by atoms with Crippen molar-refractivity contribution in [3.8, 4) is 0 Å². The molecule has 0 saturated heterocycles. The largest absolute Gasteiger partial charge is 0.467 e. The fourth-order valence-corrected chi connectivity index (χ4v) is 2.27. The van der Waals surface area contributed by atoms with E-state index in [0.717, 1.165) is 19.3 Å². The number of hydrogen-bond donors (Lipinski definition) is 1. The average molecular weight is 313 g/mol. The third-order valence-electron chi connectivity index (χ3n) is 3.26. The molecule has 0 saturated carbocycles. The summed E-state index contributed by atoms with van der Waals surface area (Å²) >= 11 is 0. The first-order valence-corrected chi connectivity index (χ1v) is 7.98. The topological polar surface area (TPSA) is 64.6 Å². The molecule has 0 aliphatic heterocycles. The van der Waals surface area contributed by atoms with Crippen LogP contribution in [0.2, 0.25) is 0 Å². The van der Waals surface area contributed by atoms with Gasteiger partial charge in [-0.05, 0) is 53.4 Å². The number of ether oxygens (including phenoxy) is 2. The number of amides is 1. The van der Waals surface area contributed by atoms with Gasteiger partial charge >= 0.3 is 12.1 Å². The fourth-order valence-electron chi connectivity index (χ4n) is 2.27. The van der Waals surface area contributed by atoms with Crippen molar-refractivity contribution in [2.75, 3.05) is 7.11 Å². The van der Waals surface area contributed by atoms with Crippen LogP contribution in [0.3, 0.4) is 0 Å². The Hall–Kier alpha value is -1.52. The zero-order valence-corrected chi connectivity index (χ0v) is 15.0. The Kier molecular flexibility index (Phi) is 8.83. The zero-order valence-electron chi connectivity index (χ0n) is 15.0. The number of allylic oxidation sites excluding steroid dienone is 1. The molecule has 5 nitrogen and oxygen atoms in total. The maximum atomic E-state index is 11.8. The van der Waals surface area contributed by atoms with Gasteiger partial charge in [0.15, 0.2) is 0 Å². The average Bonchev–Trinajstić information content (AvgIpc) is 2.83. The van der Waals surface area contributed by atoms with Crippen LogP contribution >= 0.6 is 0 Å². The molecule has 22 heavy (non-hydrogen) atoms. The van der Waals surface area contributed by atoms with Gasteiger partial charge in [0, 0.05) is 0 Å².